The number of nitrogens with one attached hydrogen (secondary N) is 1. The molecule has 21 heavy (non-hydrogen) atoms. The fraction of sp³-hybridized carbons (Fsp3) is 0.706. The average molecular weight is 288 g/mol. The van der Waals surface area contributed by atoms with Gasteiger partial charge in [-0.1, -0.05) is 6.07 Å². The number of aryl methyl sites for hydroxylation is 1. The van der Waals surface area contributed by atoms with Crippen LogP contribution in [-0.2, 0) is 6.54 Å². The highest BCUT2D eigenvalue weighted by atomic mass is 15.3. The van der Waals surface area contributed by atoms with Gasteiger partial charge in [0.2, 0.25) is 0 Å². The Hall–Kier alpha value is -1.13. The normalized spacial score (nSPS) is 27.1. The fourth-order valence-electron chi connectivity index (χ4n) is 3.07. The Kier molecular flexibility index (Phi) is 4.18. The van der Waals surface area contributed by atoms with Crippen LogP contribution in [-0.4, -0.2) is 48.1 Å². The summed E-state index contributed by atoms with van der Waals surface area (Å²) in [7, 11) is 2.22. The van der Waals surface area contributed by atoms with Gasteiger partial charge in [0.05, 0.1) is 0 Å². The Balaban J connectivity index is 1.69. The molecule has 3 rings (SSSR count). The van der Waals surface area contributed by atoms with E-state index in [1.165, 1.54) is 24.1 Å². The second-order valence-electron chi connectivity index (χ2n) is 6.84. The molecule has 0 amide bonds. The van der Waals surface area contributed by atoms with Crippen LogP contribution in [0.4, 0.5) is 5.82 Å². The highest BCUT2D eigenvalue weighted by Gasteiger charge is 2.27. The van der Waals surface area contributed by atoms with Gasteiger partial charge in [-0.2, -0.15) is 0 Å². The monoisotopic (exact) mass is 288 g/mol. The number of likely N-dealkylation sites (N-methyl/N-ethyl adjacent to an activating group) is 1. The van der Waals surface area contributed by atoms with Crippen molar-refractivity contribution in [1.82, 2.24) is 15.2 Å². The molecule has 116 valence electrons. The smallest absolute Gasteiger partial charge is 0.128 e. The first-order chi connectivity index (χ1) is 10.0. The maximum absolute atomic E-state index is 4.86. The summed E-state index contributed by atoms with van der Waals surface area (Å²) in [6, 6.07) is 6.35. The van der Waals surface area contributed by atoms with Crippen molar-refractivity contribution in [3.63, 3.8) is 0 Å². The van der Waals surface area contributed by atoms with Crippen molar-refractivity contribution in [1.29, 1.82) is 0 Å². The van der Waals surface area contributed by atoms with E-state index in [0.29, 0.717) is 12.1 Å². The zero-order valence-corrected chi connectivity index (χ0v) is 13.8. The zero-order chi connectivity index (χ0) is 15.0. The quantitative estimate of drug-likeness (QED) is 0.920. The maximum atomic E-state index is 4.86. The minimum absolute atomic E-state index is 0.576. The molecular formula is C17H28N4. The summed E-state index contributed by atoms with van der Waals surface area (Å²) in [6.45, 7) is 9.81. The van der Waals surface area contributed by atoms with Crippen LogP contribution in [0.15, 0.2) is 12.1 Å². The van der Waals surface area contributed by atoms with E-state index in [-0.39, 0.29) is 0 Å². The third-order valence-corrected chi connectivity index (χ3v) is 5.02. The molecule has 2 fully saturated rings. The van der Waals surface area contributed by atoms with Crippen LogP contribution in [0.3, 0.4) is 0 Å². The van der Waals surface area contributed by atoms with Gasteiger partial charge >= 0.3 is 0 Å². The molecular weight excluding hydrogens is 260 g/mol. The predicted molar refractivity (Wildman–Crippen MR) is 87.7 cm³/mol. The van der Waals surface area contributed by atoms with Crippen LogP contribution in [0, 0.1) is 6.92 Å². The van der Waals surface area contributed by atoms with Gasteiger partial charge in [0.25, 0.3) is 0 Å². The van der Waals surface area contributed by atoms with Gasteiger partial charge in [0.1, 0.15) is 5.82 Å². The standard InChI is InChI=1S/C17H28N4/c1-12-10-21(11-13(2)20(12)4)17-8-5-15(14(3)19-17)9-18-16-6-7-16/h5,8,12-13,16,18H,6-7,9-11H2,1-4H3. The molecule has 0 radical (unpaired) electrons. The van der Waals surface area contributed by atoms with E-state index in [1.807, 2.05) is 0 Å². The molecule has 2 heterocycles. The summed E-state index contributed by atoms with van der Waals surface area (Å²) < 4.78 is 0. The van der Waals surface area contributed by atoms with E-state index in [2.05, 4.69) is 55.1 Å². The summed E-state index contributed by atoms with van der Waals surface area (Å²) in [5, 5.41) is 3.57. The first-order valence-electron chi connectivity index (χ1n) is 8.21. The zero-order valence-electron chi connectivity index (χ0n) is 13.8. The molecule has 1 aromatic heterocycles. The van der Waals surface area contributed by atoms with Crippen molar-refractivity contribution in [3.8, 4) is 0 Å². The Morgan fingerprint density at radius 3 is 2.43 bits per heavy atom. The molecule has 2 aliphatic rings. The lowest BCUT2D eigenvalue weighted by molar-refractivity contribution is 0.169. The van der Waals surface area contributed by atoms with Crippen LogP contribution in [0.2, 0.25) is 0 Å². The van der Waals surface area contributed by atoms with Crippen LogP contribution < -0.4 is 10.2 Å². The lowest BCUT2D eigenvalue weighted by Crippen LogP contribution is -2.55. The highest BCUT2D eigenvalue weighted by molar-refractivity contribution is 5.42. The van der Waals surface area contributed by atoms with Gasteiger partial charge in [0.15, 0.2) is 0 Å². The van der Waals surface area contributed by atoms with Gasteiger partial charge in [-0.25, -0.2) is 4.98 Å². The Morgan fingerprint density at radius 2 is 1.86 bits per heavy atom. The number of nitrogens with zero attached hydrogens (tertiary/aromatic N) is 3. The largest absolute Gasteiger partial charge is 0.353 e. The molecule has 1 N–H and O–H groups in total. The predicted octanol–water partition coefficient (Wildman–Crippen LogP) is 2.17. The van der Waals surface area contributed by atoms with Gasteiger partial charge in [-0.05, 0) is 52.3 Å². The van der Waals surface area contributed by atoms with Gasteiger partial charge in [-0.3, -0.25) is 4.90 Å². The third-order valence-electron chi connectivity index (χ3n) is 5.02. The van der Waals surface area contributed by atoms with E-state index in [9.17, 15) is 0 Å². The first kappa shape index (κ1) is 14.8. The molecule has 1 aliphatic carbocycles. The van der Waals surface area contributed by atoms with Crippen molar-refractivity contribution in [3.05, 3.63) is 23.4 Å². The molecule has 4 nitrogen and oxygen atoms in total. The Morgan fingerprint density at radius 1 is 1.19 bits per heavy atom. The highest BCUT2D eigenvalue weighted by Crippen LogP contribution is 2.22. The molecule has 0 spiro atoms. The Bertz CT molecular complexity index is 486. The van der Waals surface area contributed by atoms with Crippen molar-refractivity contribution in [2.45, 2.75) is 58.3 Å². The van der Waals surface area contributed by atoms with Crippen LogP contribution in [0.1, 0.15) is 37.9 Å². The number of hydrogen-bond acceptors (Lipinski definition) is 4. The average Bonchev–Trinajstić information content (AvgIpc) is 3.27. The Labute approximate surface area is 128 Å². The maximum Gasteiger partial charge on any atom is 0.128 e. The fourth-order valence-corrected chi connectivity index (χ4v) is 3.07. The van der Waals surface area contributed by atoms with Crippen LogP contribution in [0.5, 0.6) is 0 Å². The molecule has 1 saturated heterocycles. The summed E-state index contributed by atoms with van der Waals surface area (Å²) in [6.07, 6.45) is 2.67. The number of pyridine rings is 1. The number of anilines is 1. The number of rotatable bonds is 4. The molecule has 4 heteroatoms. The van der Waals surface area contributed by atoms with Crippen LogP contribution in [0.25, 0.3) is 0 Å². The molecule has 0 bridgehead atoms. The summed E-state index contributed by atoms with van der Waals surface area (Å²) >= 11 is 0. The SMILES string of the molecule is Cc1nc(N2CC(C)N(C)C(C)C2)ccc1CNC1CC1. The third kappa shape index (κ3) is 3.38. The second-order valence-corrected chi connectivity index (χ2v) is 6.84. The number of aromatic nitrogens is 1. The van der Waals surface area contributed by atoms with Gasteiger partial charge < -0.3 is 10.2 Å². The van der Waals surface area contributed by atoms with Gasteiger partial charge in [0, 0.05) is 43.5 Å². The molecule has 1 aromatic rings. The molecule has 1 aliphatic heterocycles. The molecule has 2 atom stereocenters. The lowest BCUT2D eigenvalue weighted by atomic mass is 10.1. The van der Waals surface area contributed by atoms with Crippen molar-refractivity contribution < 1.29 is 0 Å². The molecule has 1 saturated carbocycles. The second kappa shape index (κ2) is 5.93. The molecule has 2 unspecified atom stereocenters. The summed E-state index contributed by atoms with van der Waals surface area (Å²) in [5.74, 6) is 1.13. The van der Waals surface area contributed by atoms with E-state index < -0.39 is 0 Å². The van der Waals surface area contributed by atoms with Gasteiger partial charge in [-0.15, -0.1) is 0 Å². The van der Waals surface area contributed by atoms with Crippen molar-refractivity contribution >= 4 is 5.82 Å². The van der Waals surface area contributed by atoms with E-state index in [1.54, 1.807) is 0 Å². The topological polar surface area (TPSA) is 31.4 Å². The first-order valence-corrected chi connectivity index (χ1v) is 8.21. The van der Waals surface area contributed by atoms with E-state index in [4.69, 9.17) is 4.98 Å². The minimum Gasteiger partial charge on any atom is -0.353 e. The minimum atomic E-state index is 0.576. The van der Waals surface area contributed by atoms with Crippen LogP contribution >= 0.6 is 0 Å². The van der Waals surface area contributed by atoms with E-state index >= 15 is 0 Å². The van der Waals surface area contributed by atoms with E-state index in [0.717, 1.165) is 31.5 Å². The van der Waals surface area contributed by atoms with Crippen molar-refractivity contribution in [2.24, 2.45) is 0 Å². The summed E-state index contributed by atoms with van der Waals surface area (Å²) in [5.41, 5.74) is 2.50. The lowest BCUT2D eigenvalue weighted by Gasteiger charge is -2.43. The summed E-state index contributed by atoms with van der Waals surface area (Å²) in [4.78, 5) is 9.74. The van der Waals surface area contributed by atoms with Crippen molar-refractivity contribution in [2.75, 3.05) is 25.0 Å². The number of piperazine rings is 1. The number of hydrogen-bond donors (Lipinski definition) is 1. The molecule has 0 aromatic carbocycles.